The van der Waals surface area contributed by atoms with Gasteiger partial charge in [-0.25, -0.2) is 0 Å². The molecule has 0 aliphatic carbocycles. The van der Waals surface area contributed by atoms with Crippen molar-refractivity contribution in [2.75, 3.05) is 39.2 Å². The molecule has 1 saturated heterocycles. The van der Waals surface area contributed by atoms with E-state index in [1.54, 1.807) is 18.2 Å². The fraction of sp³-hybridized carbons (Fsp3) is 0.533. The molecule has 1 fully saturated rings. The molecular formula is C15H21ClN2O3. The third-order valence-electron chi connectivity index (χ3n) is 3.22. The first-order chi connectivity index (χ1) is 10.1. The molecular weight excluding hydrogens is 292 g/mol. The SMILES string of the molecule is CN(C)CCOc1ccc(NC(=O)C2CCCO2)cc1Cl. The number of carbonyl (C=O) groups excluding carboxylic acids is 1. The number of nitrogens with zero attached hydrogens (tertiary/aromatic N) is 1. The Morgan fingerprint density at radius 2 is 2.33 bits per heavy atom. The van der Waals surface area contributed by atoms with E-state index in [1.165, 1.54) is 0 Å². The Balaban J connectivity index is 1.90. The van der Waals surface area contributed by atoms with Crippen LogP contribution in [0.3, 0.4) is 0 Å². The summed E-state index contributed by atoms with van der Waals surface area (Å²) >= 11 is 6.17. The molecule has 1 unspecified atom stereocenters. The number of rotatable bonds is 6. The van der Waals surface area contributed by atoms with Crippen LogP contribution in [-0.4, -0.2) is 50.8 Å². The van der Waals surface area contributed by atoms with Gasteiger partial charge in [-0.15, -0.1) is 0 Å². The van der Waals surface area contributed by atoms with Gasteiger partial charge in [-0.05, 0) is 45.1 Å². The van der Waals surface area contributed by atoms with Crippen LogP contribution < -0.4 is 10.1 Å². The minimum atomic E-state index is -0.347. The van der Waals surface area contributed by atoms with Gasteiger partial charge in [0.05, 0.1) is 5.02 Å². The maximum atomic E-state index is 11.9. The predicted octanol–water partition coefficient (Wildman–Crippen LogP) is 2.40. The van der Waals surface area contributed by atoms with Crippen molar-refractivity contribution in [3.63, 3.8) is 0 Å². The Bertz CT molecular complexity index is 488. The lowest BCUT2D eigenvalue weighted by Crippen LogP contribution is -2.26. The lowest BCUT2D eigenvalue weighted by molar-refractivity contribution is -0.124. The third-order valence-corrected chi connectivity index (χ3v) is 3.51. The largest absolute Gasteiger partial charge is 0.491 e. The quantitative estimate of drug-likeness (QED) is 0.876. The molecule has 21 heavy (non-hydrogen) atoms. The van der Waals surface area contributed by atoms with Crippen molar-refractivity contribution in [2.24, 2.45) is 0 Å². The summed E-state index contributed by atoms with van der Waals surface area (Å²) in [7, 11) is 3.96. The first-order valence-electron chi connectivity index (χ1n) is 7.06. The molecule has 5 nitrogen and oxygen atoms in total. The number of amides is 1. The molecule has 1 heterocycles. The summed E-state index contributed by atoms with van der Waals surface area (Å²) in [5.41, 5.74) is 0.653. The summed E-state index contributed by atoms with van der Waals surface area (Å²) in [6.45, 7) is 2.03. The van der Waals surface area contributed by atoms with Crippen LogP contribution in [0.25, 0.3) is 0 Å². The number of anilines is 1. The Morgan fingerprint density at radius 3 is 2.95 bits per heavy atom. The van der Waals surface area contributed by atoms with E-state index in [0.717, 1.165) is 19.4 Å². The summed E-state index contributed by atoms with van der Waals surface area (Å²) in [6, 6.07) is 5.24. The third kappa shape index (κ3) is 4.88. The molecule has 0 aromatic heterocycles. The van der Waals surface area contributed by atoms with Crippen molar-refractivity contribution in [2.45, 2.75) is 18.9 Å². The van der Waals surface area contributed by atoms with Crippen LogP contribution in [0.4, 0.5) is 5.69 Å². The van der Waals surface area contributed by atoms with Crippen molar-refractivity contribution in [3.8, 4) is 5.75 Å². The summed E-state index contributed by atoms with van der Waals surface area (Å²) in [4.78, 5) is 14.0. The van der Waals surface area contributed by atoms with Crippen LogP contribution in [0.5, 0.6) is 5.75 Å². The van der Waals surface area contributed by atoms with Crippen LogP contribution in [0, 0.1) is 0 Å². The summed E-state index contributed by atoms with van der Waals surface area (Å²) in [5.74, 6) is 0.499. The molecule has 0 saturated carbocycles. The molecule has 116 valence electrons. The van der Waals surface area contributed by atoms with E-state index in [1.807, 2.05) is 19.0 Å². The Labute approximate surface area is 130 Å². The van der Waals surface area contributed by atoms with Gasteiger partial charge in [0.2, 0.25) is 0 Å². The maximum absolute atomic E-state index is 11.9. The average molecular weight is 313 g/mol. The van der Waals surface area contributed by atoms with Crippen molar-refractivity contribution in [1.82, 2.24) is 4.90 Å². The fourth-order valence-corrected chi connectivity index (χ4v) is 2.28. The second-order valence-electron chi connectivity index (χ2n) is 5.29. The number of hydrogen-bond acceptors (Lipinski definition) is 4. The normalized spacial score (nSPS) is 18.0. The zero-order chi connectivity index (χ0) is 15.2. The summed E-state index contributed by atoms with van der Waals surface area (Å²) in [5, 5.41) is 3.30. The fourth-order valence-electron chi connectivity index (χ4n) is 2.04. The first kappa shape index (κ1) is 16.1. The highest BCUT2D eigenvalue weighted by molar-refractivity contribution is 6.32. The summed E-state index contributed by atoms with van der Waals surface area (Å²) < 4.78 is 10.9. The Kier molecular flexibility index (Phi) is 5.85. The maximum Gasteiger partial charge on any atom is 0.253 e. The number of halogens is 1. The van der Waals surface area contributed by atoms with Crippen LogP contribution in [0.2, 0.25) is 5.02 Å². The molecule has 0 radical (unpaired) electrons. The van der Waals surface area contributed by atoms with E-state index in [-0.39, 0.29) is 12.0 Å². The number of benzene rings is 1. The Morgan fingerprint density at radius 1 is 1.52 bits per heavy atom. The van der Waals surface area contributed by atoms with Gasteiger partial charge >= 0.3 is 0 Å². The number of nitrogens with one attached hydrogen (secondary N) is 1. The van der Waals surface area contributed by atoms with E-state index < -0.39 is 0 Å². The van der Waals surface area contributed by atoms with Gasteiger partial charge < -0.3 is 19.7 Å². The molecule has 6 heteroatoms. The van der Waals surface area contributed by atoms with Gasteiger partial charge in [-0.1, -0.05) is 11.6 Å². The van der Waals surface area contributed by atoms with E-state index in [0.29, 0.717) is 29.7 Å². The van der Waals surface area contributed by atoms with Crippen molar-refractivity contribution >= 4 is 23.2 Å². The molecule has 1 amide bonds. The van der Waals surface area contributed by atoms with Gasteiger partial charge in [-0.3, -0.25) is 4.79 Å². The molecule has 0 bridgehead atoms. The summed E-state index contributed by atoms with van der Waals surface area (Å²) in [6.07, 6.45) is 1.35. The van der Waals surface area contributed by atoms with Gasteiger partial charge in [0, 0.05) is 18.8 Å². The molecule has 1 N–H and O–H groups in total. The van der Waals surface area contributed by atoms with Gasteiger partial charge in [0.1, 0.15) is 18.5 Å². The number of likely N-dealkylation sites (N-methyl/N-ethyl adjacent to an activating group) is 1. The molecule has 1 atom stereocenters. The van der Waals surface area contributed by atoms with E-state index in [9.17, 15) is 4.79 Å². The average Bonchev–Trinajstić information content (AvgIpc) is 2.95. The number of ether oxygens (including phenoxy) is 2. The molecule has 1 aromatic carbocycles. The first-order valence-corrected chi connectivity index (χ1v) is 7.43. The van der Waals surface area contributed by atoms with E-state index in [4.69, 9.17) is 21.1 Å². The monoisotopic (exact) mass is 312 g/mol. The zero-order valence-corrected chi connectivity index (χ0v) is 13.2. The minimum absolute atomic E-state index is 0.121. The number of hydrogen-bond donors (Lipinski definition) is 1. The lowest BCUT2D eigenvalue weighted by atomic mass is 10.2. The molecule has 2 rings (SSSR count). The second kappa shape index (κ2) is 7.64. The Hall–Kier alpha value is -1.30. The molecule has 1 aromatic rings. The second-order valence-corrected chi connectivity index (χ2v) is 5.70. The van der Waals surface area contributed by atoms with Gasteiger partial charge in [0.25, 0.3) is 5.91 Å². The van der Waals surface area contributed by atoms with Gasteiger partial charge in [-0.2, -0.15) is 0 Å². The highest BCUT2D eigenvalue weighted by Crippen LogP contribution is 2.28. The van der Waals surface area contributed by atoms with E-state index >= 15 is 0 Å². The highest BCUT2D eigenvalue weighted by atomic mass is 35.5. The highest BCUT2D eigenvalue weighted by Gasteiger charge is 2.23. The lowest BCUT2D eigenvalue weighted by Gasteiger charge is -2.14. The van der Waals surface area contributed by atoms with Crippen LogP contribution in [0.15, 0.2) is 18.2 Å². The molecule has 1 aliphatic heterocycles. The topological polar surface area (TPSA) is 50.8 Å². The predicted molar refractivity (Wildman–Crippen MR) is 83.1 cm³/mol. The van der Waals surface area contributed by atoms with Crippen molar-refractivity contribution in [3.05, 3.63) is 23.2 Å². The minimum Gasteiger partial charge on any atom is -0.491 e. The van der Waals surface area contributed by atoms with Crippen molar-refractivity contribution < 1.29 is 14.3 Å². The smallest absolute Gasteiger partial charge is 0.253 e. The van der Waals surface area contributed by atoms with Crippen LogP contribution in [0.1, 0.15) is 12.8 Å². The number of carbonyl (C=O) groups is 1. The van der Waals surface area contributed by atoms with E-state index in [2.05, 4.69) is 5.32 Å². The van der Waals surface area contributed by atoms with Crippen LogP contribution >= 0.6 is 11.6 Å². The molecule has 0 spiro atoms. The van der Waals surface area contributed by atoms with Gasteiger partial charge in [0.15, 0.2) is 0 Å². The zero-order valence-electron chi connectivity index (χ0n) is 12.4. The standard InChI is InChI=1S/C15H21ClN2O3/c1-18(2)7-9-21-13-6-5-11(10-12(13)16)17-15(19)14-4-3-8-20-14/h5-6,10,14H,3-4,7-9H2,1-2H3,(H,17,19). The van der Waals surface area contributed by atoms with Crippen molar-refractivity contribution in [1.29, 1.82) is 0 Å². The van der Waals surface area contributed by atoms with Crippen LogP contribution in [-0.2, 0) is 9.53 Å². The molecule has 1 aliphatic rings.